The first-order valence-electron chi connectivity index (χ1n) is 4.65. The van der Waals surface area contributed by atoms with E-state index in [1.807, 2.05) is 0 Å². The van der Waals surface area contributed by atoms with Crippen LogP contribution in [0.4, 0.5) is 0 Å². The quantitative estimate of drug-likeness (QED) is 0.575. The van der Waals surface area contributed by atoms with Gasteiger partial charge in [0.25, 0.3) is 0 Å². The standard InChI is InChI=1S/C11H12O/c1-2-5-9(6-3-1)11-8-4-7-10(11)12-11/h1-3,5-6,10H,4,7-8H2. The average molecular weight is 160 g/mol. The smallest absolute Gasteiger partial charge is 0.120 e. The van der Waals surface area contributed by atoms with Crippen LogP contribution in [0.3, 0.4) is 0 Å². The lowest BCUT2D eigenvalue weighted by Crippen LogP contribution is -2.06. The highest BCUT2D eigenvalue weighted by Gasteiger charge is 2.60. The van der Waals surface area contributed by atoms with Crippen LogP contribution in [0.5, 0.6) is 0 Å². The van der Waals surface area contributed by atoms with Crippen molar-refractivity contribution in [1.29, 1.82) is 0 Å². The molecular weight excluding hydrogens is 148 g/mol. The molecule has 1 aliphatic carbocycles. The Balaban J connectivity index is 2.00. The summed E-state index contributed by atoms with van der Waals surface area (Å²) in [5.74, 6) is 0. The molecule has 0 N–H and O–H groups in total. The van der Waals surface area contributed by atoms with Crippen LogP contribution in [0.1, 0.15) is 24.8 Å². The summed E-state index contributed by atoms with van der Waals surface area (Å²) in [5, 5.41) is 0. The lowest BCUT2D eigenvalue weighted by Gasteiger charge is -2.07. The molecule has 2 aliphatic rings. The molecule has 0 amide bonds. The number of fused-ring (bicyclic) bond motifs is 1. The van der Waals surface area contributed by atoms with Crippen molar-refractivity contribution in [2.75, 3.05) is 0 Å². The normalized spacial score (nSPS) is 37.8. The predicted octanol–water partition coefficient (Wildman–Crippen LogP) is 2.46. The monoisotopic (exact) mass is 160 g/mol. The number of hydrogen-bond donors (Lipinski definition) is 0. The van der Waals surface area contributed by atoms with Crippen molar-refractivity contribution in [3.05, 3.63) is 35.9 Å². The Kier molecular flexibility index (Phi) is 1.17. The summed E-state index contributed by atoms with van der Waals surface area (Å²) in [5.41, 5.74) is 1.54. The van der Waals surface area contributed by atoms with Gasteiger partial charge in [0.05, 0.1) is 6.10 Å². The molecule has 3 rings (SSSR count). The predicted molar refractivity (Wildman–Crippen MR) is 46.8 cm³/mol. The SMILES string of the molecule is c1ccc(C23CCCC2O3)cc1. The zero-order chi connectivity index (χ0) is 8.02. The largest absolute Gasteiger partial charge is 0.361 e. The molecule has 0 radical (unpaired) electrons. The van der Waals surface area contributed by atoms with Crippen LogP contribution < -0.4 is 0 Å². The number of ether oxygens (including phenoxy) is 1. The summed E-state index contributed by atoms with van der Waals surface area (Å²) in [6.07, 6.45) is 4.36. The van der Waals surface area contributed by atoms with E-state index < -0.39 is 0 Å². The number of benzene rings is 1. The van der Waals surface area contributed by atoms with Crippen LogP contribution in [-0.4, -0.2) is 6.10 Å². The van der Waals surface area contributed by atoms with E-state index in [-0.39, 0.29) is 5.60 Å². The molecule has 2 atom stereocenters. The third kappa shape index (κ3) is 0.721. The lowest BCUT2D eigenvalue weighted by atomic mass is 9.97. The molecule has 0 aromatic heterocycles. The van der Waals surface area contributed by atoms with Crippen LogP contribution in [-0.2, 0) is 10.3 Å². The Hall–Kier alpha value is -0.820. The molecule has 0 spiro atoms. The van der Waals surface area contributed by atoms with Gasteiger partial charge in [-0.25, -0.2) is 0 Å². The van der Waals surface area contributed by atoms with Gasteiger partial charge in [0, 0.05) is 0 Å². The third-order valence-corrected chi connectivity index (χ3v) is 3.09. The minimum atomic E-state index is 0.154. The summed E-state index contributed by atoms with van der Waals surface area (Å²) >= 11 is 0. The Bertz CT molecular complexity index is 293. The molecule has 12 heavy (non-hydrogen) atoms. The third-order valence-electron chi connectivity index (χ3n) is 3.09. The molecule has 62 valence electrons. The van der Waals surface area contributed by atoms with E-state index in [1.54, 1.807) is 0 Å². The molecule has 1 heterocycles. The van der Waals surface area contributed by atoms with Crippen molar-refractivity contribution in [2.24, 2.45) is 0 Å². The maximum atomic E-state index is 5.73. The minimum absolute atomic E-state index is 0.154. The van der Waals surface area contributed by atoms with Crippen LogP contribution in [0.15, 0.2) is 30.3 Å². The Morgan fingerprint density at radius 1 is 1.25 bits per heavy atom. The van der Waals surface area contributed by atoms with Crippen molar-refractivity contribution in [3.8, 4) is 0 Å². The van der Waals surface area contributed by atoms with E-state index in [0.717, 1.165) is 0 Å². The second-order valence-electron chi connectivity index (χ2n) is 3.75. The summed E-state index contributed by atoms with van der Waals surface area (Å²) in [7, 11) is 0. The van der Waals surface area contributed by atoms with Crippen LogP contribution in [0.2, 0.25) is 0 Å². The fraction of sp³-hybridized carbons (Fsp3) is 0.455. The minimum Gasteiger partial charge on any atom is -0.361 e. The molecule has 2 unspecified atom stereocenters. The zero-order valence-electron chi connectivity index (χ0n) is 6.99. The fourth-order valence-electron chi connectivity index (χ4n) is 2.40. The summed E-state index contributed by atoms with van der Waals surface area (Å²) < 4.78 is 5.73. The molecule has 1 aromatic carbocycles. The Morgan fingerprint density at radius 3 is 2.67 bits per heavy atom. The van der Waals surface area contributed by atoms with Crippen LogP contribution in [0, 0.1) is 0 Å². The van der Waals surface area contributed by atoms with E-state index >= 15 is 0 Å². The van der Waals surface area contributed by atoms with Gasteiger partial charge in [-0.15, -0.1) is 0 Å². The summed E-state index contributed by atoms with van der Waals surface area (Å²) in [6, 6.07) is 10.6. The van der Waals surface area contributed by atoms with Gasteiger partial charge in [0.15, 0.2) is 0 Å². The number of epoxide rings is 1. The first-order chi connectivity index (χ1) is 5.92. The zero-order valence-corrected chi connectivity index (χ0v) is 6.99. The highest BCUT2D eigenvalue weighted by Crippen LogP contribution is 2.56. The van der Waals surface area contributed by atoms with Crippen molar-refractivity contribution >= 4 is 0 Å². The van der Waals surface area contributed by atoms with Crippen molar-refractivity contribution < 1.29 is 4.74 Å². The van der Waals surface area contributed by atoms with E-state index in [0.29, 0.717) is 6.10 Å². The Morgan fingerprint density at radius 2 is 2.08 bits per heavy atom. The highest BCUT2D eigenvalue weighted by molar-refractivity contribution is 5.30. The first kappa shape index (κ1) is 6.67. The van der Waals surface area contributed by atoms with Gasteiger partial charge in [0.1, 0.15) is 5.60 Å². The maximum Gasteiger partial charge on any atom is 0.120 e. The Labute approximate surface area is 72.4 Å². The molecule has 1 saturated heterocycles. The van der Waals surface area contributed by atoms with Crippen LogP contribution >= 0.6 is 0 Å². The first-order valence-corrected chi connectivity index (χ1v) is 4.65. The summed E-state index contributed by atoms with van der Waals surface area (Å²) in [6.45, 7) is 0. The highest BCUT2D eigenvalue weighted by atomic mass is 16.6. The average Bonchev–Trinajstić information content (AvgIpc) is 2.72. The fourth-order valence-corrected chi connectivity index (χ4v) is 2.40. The molecule has 1 heteroatoms. The van der Waals surface area contributed by atoms with Crippen molar-refractivity contribution in [1.82, 2.24) is 0 Å². The van der Waals surface area contributed by atoms with E-state index in [9.17, 15) is 0 Å². The van der Waals surface area contributed by atoms with Gasteiger partial charge in [-0.1, -0.05) is 30.3 Å². The topological polar surface area (TPSA) is 12.5 Å². The molecule has 1 aromatic rings. The number of hydrogen-bond acceptors (Lipinski definition) is 1. The van der Waals surface area contributed by atoms with E-state index in [4.69, 9.17) is 4.74 Å². The van der Waals surface area contributed by atoms with Crippen molar-refractivity contribution in [3.63, 3.8) is 0 Å². The summed E-state index contributed by atoms with van der Waals surface area (Å²) in [4.78, 5) is 0. The molecule has 2 fully saturated rings. The molecule has 0 bridgehead atoms. The van der Waals surface area contributed by atoms with Crippen molar-refractivity contribution in [2.45, 2.75) is 31.0 Å². The van der Waals surface area contributed by atoms with Gasteiger partial charge >= 0.3 is 0 Å². The molecular formula is C11H12O. The lowest BCUT2D eigenvalue weighted by molar-refractivity contribution is 0.253. The van der Waals surface area contributed by atoms with Gasteiger partial charge in [-0.05, 0) is 24.8 Å². The van der Waals surface area contributed by atoms with Crippen LogP contribution in [0.25, 0.3) is 0 Å². The van der Waals surface area contributed by atoms with Gasteiger partial charge in [-0.3, -0.25) is 0 Å². The van der Waals surface area contributed by atoms with Gasteiger partial charge < -0.3 is 4.74 Å². The second-order valence-corrected chi connectivity index (χ2v) is 3.75. The second kappa shape index (κ2) is 2.11. The van der Waals surface area contributed by atoms with Gasteiger partial charge in [-0.2, -0.15) is 0 Å². The van der Waals surface area contributed by atoms with E-state index in [1.165, 1.54) is 24.8 Å². The number of rotatable bonds is 1. The maximum absolute atomic E-state index is 5.73. The molecule has 1 aliphatic heterocycles. The molecule has 1 saturated carbocycles. The van der Waals surface area contributed by atoms with Gasteiger partial charge in [0.2, 0.25) is 0 Å². The van der Waals surface area contributed by atoms with E-state index in [2.05, 4.69) is 30.3 Å². The molecule has 1 nitrogen and oxygen atoms in total.